The van der Waals surface area contributed by atoms with Crippen LogP contribution in [0, 0.1) is 5.82 Å². The first-order valence-electron chi connectivity index (χ1n) is 11.3. The SMILES string of the molecule is O=C1OC2(CCNCC2)c2ccc(F)c(C(=O)c3cn(Cc4cncnc4)c4cc(Cl)ccc34)c21. The molecule has 2 aliphatic heterocycles. The summed E-state index contributed by atoms with van der Waals surface area (Å²) in [6.07, 6.45) is 7.61. The maximum atomic E-state index is 15.2. The van der Waals surface area contributed by atoms with E-state index in [4.69, 9.17) is 16.3 Å². The molecule has 0 unspecified atom stereocenters. The van der Waals surface area contributed by atoms with Crippen LogP contribution in [0.15, 0.2) is 55.2 Å². The molecule has 1 spiro atoms. The second-order valence-electron chi connectivity index (χ2n) is 8.89. The lowest BCUT2D eigenvalue weighted by Crippen LogP contribution is -2.40. The van der Waals surface area contributed by atoms with E-state index in [0.29, 0.717) is 54.0 Å². The zero-order valence-electron chi connectivity index (χ0n) is 18.6. The smallest absolute Gasteiger partial charge is 0.340 e. The van der Waals surface area contributed by atoms with E-state index < -0.39 is 23.2 Å². The first-order chi connectivity index (χ1) is 17.0. The van der Waals surface area contributed by atoms with Gasteiger partial charge in [-0.2, -0.15) is 0 Å². The minimum absolute atomic E-state index is 0.0308. The first-order valence-corrected chi connectivity index (χ1v) is 11.7. The Bertz CT molecular complexity index is 1500. The molecule has 2 aromatic heterocycles. The lowest BCUT2D eigenvalue weighted by molar-refractivity contribution is -0.0242. The monoisotopic (exact) mass is 490 g/mol. The van der Waals surface area contributed by atoms with Crippen molar-refractivity contribution in [3.05, 3.63) is 93.9 Å². The van der Waals surface area contributed by atoms with Crippen molar-refractivity contribution in [1.82, 2.24) is 19.9 Å². The highest BCUT2D eigenvalue weighted by atomic mass is 35.5. The number of hydrogen-bond acceptors (Lipinski definition) is 6. The van der Waals surface area contributed by atoms with E-state index in [1.165, 1.54) is 12.4 Å². The lowest BCUT2D eigenvalue weighted by atomic mass is 9.82. The van der Waals surface area contributed by atoms with Crippen LogP contribution in [0.5, 0.6) is 0 Å². The Balaban J connectivity index is 1.50. The quantitative estimate of drug-likeness (QED) is 0.340. The second kappa shape index (κ2) is 8.25. The number of nitrogens with zero attached hydrogens (tertiary/aromatic N) is 3. The van der Waals surface area contributed by atoms with Gasteiger partial charge in [-0.3, -0.25) is 4.79 Å². The first kappa shape index (κ1) is 21.9. The molecular formula is C26H20ClFN4O3. The predicted octanol–water partition coefficient (Wildman–Crippen LogP) is 4.25. The van der Waals surface area contributed by atoms with Gasteiger partial charge in [0.25, 0.3) is 0 Å². The summed E-state index contributed by atoms with van der Waals surface area (Å²) in [4.78, 5) is 35.0. The molecule has 0 saturated carbocycles. The topological polar surface area (TPSA) is 86.1 Å². The molecule has 4 aromatic rings. The van der Waals surface area contributed by atoms with E-state index in [1.807, 2.05) is 4.57 Å². The van der Waals surface area contributed by atoms with Gasteiger partial charge in [-0.1, -0.05) is 23.7 Å². The van der Waals surface area contributed by atoms with Gasteiger partial charge >= 0.3 is 5.97 Å². The summed E-state index contributed by atoms with van der Waals surface area (Å²) in [5.41, 5.74) is 1.35. The van der Waals surface area contributed by atoms with Crippen LogP contribution >= 0.6 is 11.6 Å². The molecule has 4 heterocycles. The molecule has 0 bridgehead atoms. The molecule has 1 saturated heterocycles. The van der Waals surface area contributed by atoms with E-state index in [9.17, 15) is 9.59 Å². The number of carbonyl (C=O) groups excluding carboxylic acids is 2. The molecule has 9 heteroatoms. The number of fused-ring (bicyclic) bond motifs is 3. The largest absolute Gasteiger partial charge is 0.450 e. The fraction of sp³-hybridized carbons (Fsp3) is 0.231. The summed E-state index contributed by atoms with van der Waals surface area (Å²) in [6, 6.07) is 8.00. The van der Waals surface area contributed by atoms with Crippen molar-refractivity contribution in [3.8, 4) is 0 Å². The molecular weight excluding hydrogens is 471 g/mol. The van der Waals surface area contributed by atoms with E-state index in [1.54, 1.807) is 42.9 Å². The van der Waals surface area contributed by atoms with Gasteiger partial charge < -0.3 is 14.6 Å². The Kier molecular flexibility index (Phi) is 5.16. The Morgan fingerprint density at radius 2 is 1.94 bits per heavy atom. The highest BCUT2D eigenvalue weighted by Crippen LogP contribution is 2.45. The number of rotatable bonds is 4. The number of aromatic nitrogens is 3. The number of halogens is 2. The van der Waals surface area contributed by atoms with Crippen LogP contribution in [0.4, 0.5) is 4.39 Å². The number of esters is 1. The van der Waals surface area contributed by atoms with E-state index in [-0.39, 0.29) is 16.7 Å². The maximum Gasteiger partial charge on any atom is 0.340 e. The van der Waals surface area contributed by atoms with Crippen LogP contribution in [0.2, 0.25) is 5.02 Å². The standard InChI is InChI=1S/C26H20ClFN4O3/c27-16-1-2-17-18(13-32(21(17)9-16)12-15-10-30-14-31-11-15)24(33)23-20(28)4-3-19-22(23)25(34)35-26(19)5-7-29-8-6-26/h1-4,9-11,13-14,29H,5-8,12H2. The van der Waals surface area contributed by atoms with Crippen LogP contribution in [-0.2, 0) is 16.9 Å². The predicted molar refractivity (Wildman–Crippen MR) is 127 cm³/mol. The van der Waals surface area contributed by atoms with Gasteiger partial charge in [0.05, 0.1) is 23.2 Å². The van der Waals surface area contributed by atoms with Crippen LogP contribution in [0.25, 0.3) is 10.9 Å². The van der Waals surface area contributed by atoms with Gasteiger partial charge in [0.2, 0.25) is 0 Å². The molecule has 7 nitrogen and oxygen atoms in total. The van der Waals surface area contributed by atoms with Crippen molar-refractivity contribution in [2.75, 3.05) is 13.1 Å². The molecule has 0 atom stereocenters. The number of benzene rings is 2. The third kappa shape index (κ3) is 3.52. The van der Waals surface area contributed by atoms with Gasteiger partial charge in [0.15, 0.2) is 5.78 Å². The minimum atomic E-state index is -0.824. The fourth-order valence-corrected chi connectivity index (χ4v) is 5.36. The summed E-state index contributed by atoms with van der Waals surface area (Å²) >= 11 is 6.25. The van der Waals surface area contributed by atoms with Gasteiger partial charge in [-0.15, -0.1) is 0 Å². The zero-order valence-corrected chi connectivity index (χ0v) is 19.3. The fourth-order valence-electron chi connectivity index (χ4n) is 5.20. The molecule has 1 fully saturated rings. The van der Waals surface area contributed by atoms with Crippen LogP contribution in [0.3, 0.4) is 0 Å². The normalized spacial score (nSPS) is 16.5. The Labute approximate surface area is 204 Å². The molecule has 0 amide bonds. The molecule has 6 rings (SSSR count). The van der Waals surface area contributed by atoms with E-state index in [0.717, 1.165) is 5.56 Å². The zero-order chi connectivity index (χ0) is 24.2. The number of ketones is 1. The van der Waals surface area contributed by atoms with Crippen molar-refractivity contribution in [1.29, 1.82) is 0 Å². The van der Waals surface area contributed by atoms with Crippen LogP contribution < -0.4 is 5.32 Å². The Hall–Kier alpha value is -3.62. The summed E-state index contributed by atoms with van der Waals surface area (Å²) in [5.74, 6) is -1.97. The summed E-state index contributed by atoms with van der Waals surface area (Å²) < 4.78 is 22.9. The number of piperidine rings is 1. The third-order valence-corrected chi connectivity index (χ3v) is 7.07. The molecule has 2 aromatic carbocycles. The lowest BCUT2D eigenvalue weighted by Gasteiger charge is -2.33. The Morgan fingerprint density at radius 1 is 1.17 bits per heavy atom. The highest BCUT2D eigenvalue weighted by Gasteiger charge is 2.48. The molecule has 2 aliphatic rings. The van der Waals surface area contributed by atoms with Crippen molar-refractivity contribution < 1.29 is 18.7 Å². The number of hydrogen-bond donors (Lipinski definition) is 1. The van der Waals surface area contributed by atoms with Gasteiger partial charge in [0, 0.05) is 58.5 Å². The van der Waals surface area contributed by atoms with Gasteiger partial charge in [0.1, 0.15) is 17.7 Å². The van der Waals surface area contributed by atoms with Gasteiger partial charge in [-0.25, -0.2) is 19.2 Å². The summed E-state index contributed by atoms with van der Waals surface area (Å²) in [7, 11) is 0. The Morgan fingerprint density at radius 3 is 2.71 bits per heavy atom. The van der Waals surface area contributed by atoms with Crippen molar-refractivity contribution in [3.63, 3.8) is 0 Å². The number of nitrogens with one attached hydrogen (secondary N) is 1. The van der Waals surface area contributed by atoms with Gasteiger partial charge in [-0.05, 0) is 31.3 Å². The molecule has 35 heavy (non-hydrogen) atoms. The minimum Gasteiger partial charge on any atom is -0.450 e. The maximum absolute atomic E-state index is 15.2. The molecule has 0 radical (unpaired) electrons. The number of carbonyl (C=O) groups is 2. The van der Waals surface area contributed by atoms with Crippen molar-refractivity contribution >= 4 is 34.3 Å². The summed E-state index contributed by atoms with van der Waals surface area (Å²) in [5, 5.41) is 4.36. The number of ether oxygens (including phenoxy) is 1. The van der Waals surface area contributed by atoms with Crippen LogP contribution in [0.1, 0.15) is 50.2 Å². The molecule has 176 valence electrons. The van der Waals surface area contributed by atoms with Crippen molar-refractivity contribution in [2.45, 2.75) is 25.0 Å². The van der Waals surface area contributed by atoms with Crippen molar-refractivity contribution in [2.24, 2.45) is 0 Å². The average Bonchev–Trinajstić information content (AvgIpc) is 3.34. The average molecular weight is 491 g/mol. The molecule has 0 aliphatic carbocycles. The molecule has 1 N–H and O–H groups in total. The third-order valence-electron chi connectivity index (χ3n) is 6.83. The second-order valence-corrected chi connectivity index (χ2v) is 9.32. The van der Waals surface area contributed by atoms with Crippen LogP contribution in [-0.4, -0.2) is 39.4 Å². The van der Waals surface area contributed by atoms with E-state index in [2.05, 4.69) is 15.3 Å². The summed E-state index contributed by atoms with van der Waals surface area (Å²) in [6.45, 7) is 1.73. The highest BCUT2D eigenvalue weighted by molar-refractivity contribution is 6.31. The van der Waals surface area contributed by atoms with E-state index >= 15 is 4.39 Å².